The number of ether oxygens (including phenoxy) is 1. The highest BCUT2D eigenvalue weighted by Gasteiger charge is 2.14. The molecule has 0 atom stereocenters. The first-order chi connectivity index (χ1) is 10.8. The summed E-state index contributed by atoms with van der Waals surface area (Å²) in [6, 6.07) is 8.37. The predicted octanol–water partition coefficient (Wildman–Crippen LogP) is 2.27. The summed E-state index contributed by atoms with van der Waals surface area (Å²) in [5.41, 5.74) is 1.93. The van der Waals surface area contributed by atoms with Crippen LogP contribution >= 0.6 is 0 Å². The topological polar surface area (TPSA) is 73.2 Å². The Morgan fingerprint density at radius 2 is 1.87 bits per heavy atom. The number of aromatic nitrogens is 2. The van der Waals surface area contributed by atoms with Crippen molar-refractivity contribution in [2.75, 3.05) is 6.54 Å². The molecule has 1 aromatic heterocycles. The first-order valence-corrected chi connectivity index (χ1v) is 9.03. The van der Waals surface area contributed by atoms with Crippen LogP contribution in [-0.2, 0) is 16.6 Å². The van der Waals surface area contributed by atoms with Crippen molar-refractivity contribution in [3.8, 4) is 5.75 Å². The zero-order valence-electron chi connectivity index (χ0n) is 13.9. The van der Waals surface area contributed by atoms with Crippen LogP contribution in [0.5, 0.6) is 5.75 Å². The molecule has 0 spiro atoms. The molecule has 0 aliphatic carbocycles. The molecule has 2 rings (SSSR count). The molecule has 1 heterocycles. The van der Waals surface area contributed by atoms with Crippen LogP contribution in [0.1, 0.15) is 25.2 Å². The fourth-order valence-electron chi connectivity index (χ4n) is 2.24. The molecular formula is C16H23N3O3S. The maximum atomic E-state index is 12.3. The second kappa shape index (κ2) is 7.14. The van der Waals surface area contributed by atoms with Crippen molar-refractivity contribution in [1.29, 1.82) is 0 Å². The van der Waals surface area contributed by atoms with E-state index in [0.29, 0.717) is 12.3 Å². The fraction of sp³-hybridized carbons (Fsp3) is 0.438. The second-order valence-corrected chi connectivity index (χ2v) is 7.45. The van der Waals surface area contributed by atoms with E-state index in [-0.39, 0.29) is 17.5 Å². The molecule has 0 aliphatic rings. The molecule has 23 heavy (non-hydrogen) atoms. The lowest BCUT2D eigenvalue weighted by molar-refractivity contribution is 0.242. The van der Waals surface area contributed by atoms with E-state index in [1.165, 1.54) is 0 Å². The van der Waals surface area contributed by atoms with Crippen LogP contribution in [0.4, 0.5) is 0 Å². The van der Waals surface area contributed by atoms with Gasteiger partial charge in [-0.25, -0.2) is 13.1 Å². The lowest BCUT2D eigenvalue weighted by Crippen LogP contribution is -2.28. The second-order valence-electron chi connectivity index (χ2n) is 5.69. The average molecular weight is 337 g/mol. The summed E-state index contributed by atoms with van der Waals surface area (Å²) in [7, 11) is -3.53. The van der Waals surface area contributed by atoms with E-state index in [1.807, 2.05) is 33.8 Å². The maximum absolute atomic E-state index is 12.3. The van der Waals surface area contributed by atoms with Crippen molar-refractivity contribution in [2.24, 2.45) is 0 Å². The largest absolute Gasteiger partial charge is 0.491 e. The fourth-order valence-corrected chi connectivity index (χ4v) is 3.26. The maximum Gasteiger partial charge on any atom is 0.240 e. The zero-order chi connectivity index (χ0) is 17.0. The van der Waals surface area contributed by atoms with Gasteiger partial charge in [0, 0.05) is 12.2 Å². The highest BCUT2D eigenvalue weighted by atomic mass is 32.2. The molecule has 6 nitrogen and oxygen atoms in total. The number of benzene rings is 1. The van der Waals surface area contributed by atoms with E-state index in [2.05, 4.69) is 9.82 Å². The molecule has 0 saturated heterocycles. The molecule has 126 valence electrons. The van der Waals surface area contributed by atoms with Crippen LogP contribution in [0.2, 0.25) is 0 Å². The molecule has 0 unspecified atom stereocenters. The molecule has 0 saturated carbocycles. The first-order valence-electron chi connectivity index (χ1n) is 7.55. The quantitative estimate of drug-likeness (QED) is 0.841. The minimum Gasteiger partial charge on any atom is -0.491 e. The van der Waals surface area contributed by atoms with E-state index in [1.54, 1.807) is 28.9 Å². The van der Waals surface area contributed by atoms with E-state index in [9.17, 15) is 8.42 Å². The summed E-state index contributed by atoms with van der Waals surface area (Å²) >= 11 is 0. The number of hydrogen-bond donors (Lipinski definition) is 1. The Kier molecular flexibility index (Phi) is 5.43. The third kappa shape index (κ3) is 4.80. The molecule has 0 bridgehead atoms. The monoisotopic (exact) mass is 337 g/mol. The van der Waals surface area contributed by atoms with Crippen LogP contribution in [0.3, 0.4) is 0 Å². The average Bonchev–Trinajstić information content (AvgIpc) is 2.77. The van der Waals surface area contributed by atoms with E-state index < -0.39 is 10.0 Å². The number of nitrogens with one attached hydrogen (secondary N) is 1. The van der Waals surface area contributed by atoms with Gasteiger partial charge >= 0.3 is 0 Å². The van der Waals surface area contributed by atoms with Crippen LogP contribution in [0, 0.1) is 13.8 Å². The Morgan fingerprint density at radius 3 is 2.39 bits per heavy atom. The molecule has 0 amide bonds. The summed E-state index contributed by atoms with van der Waals surface area (Å²) in [5.74, 6) is 0.654. The normalized spacial score (nSPS) is 11.9. The highest BCUT2D eigenvalue weighted by Crippen LogP contribution is 2.17. The smallest absolute Gasteiger partial charge is 0.240 e. The van der Waals surface area contributed by atoms with Crippen molar-refractivity contribution in [3.05, 3.63) is 41.7 Å². The van der Waals surface area contributed by atoms with Crippen LogP contribution in [0.25, 0.3) is 0 Å². The third-order valence-corrected chi connectivity index (χ3v) is 4.70. The third-order valence-electron chi connectivity index (χ3n) is 3.22. The van der Waals surface area contributed by atoms with Gasteiger partial charge < -0.3 is 4.74 Å². The van der Waals surface area contributed by atoms with E-state index in [0.717, 1.165) is 11.4 Å². The van der Waals surface area contributed by atoms with Crippen LogP contribution in [-0.4, -0.2) is 30.8 Å². The molecule has 7 heteroatoms. The predicted molar refractivity (Wildman–Crippen MR) is 89.1 cm³/mol. The van der Waals surface area contributed by atoms with E-state index in [4.69, 9.17) is 4.74 Å². The minimum atomic E-state index is -3.53. The summed E-state index contributed by atoms with van der Waals surface area (Å²) < 4.78 is 34.4. The molecule has 2 aromatic rings. The summed E-state index contributed by atoms with van der Waals surface area (Å²) in [4.78, 5) is 0.224. The van der Waals surface area contributed by atoms with Crippen molar-refractivity contribution >= 4 is 10.0 Å². The van der Waals surface area contributed by atoms with Crippen molar-refractivity contribution in [2.45, 2.75) is 45.2 Å². The van der Waals surface area contributed by atoms with Gasteiger partial charge in [0.25, 0.3) is 0 Å². The van der Waals surface area contributed by atoms with Gasteiger partial charge in [-0.15, -0.1) is 0 Å². The number of rotatable bonds is 7. The summed E-state index contributed by atoms with van der Waals surface area (Å²) in [6.07, 6.45) is 0.0522. The summed E-state index contributed by atoms with van der Waals surface area (Å²) in [6.45, 7) is 8.48. The lowest BCUT2D eigenvalue weighted by Gasteiger charge is -2.11. The zero-order valence-corrected chi connectivity index (χ0v) is 14.7. The SMILES string of the molecule is Cc1cc(C)n(CCNS(=O)(=O)c2ccc(OC(C)C)cc2)n1. The summed E-state index contributed by atoms with van der Waals surface area (Å²) in [5, 5.41) is 4.31. The number of aryl methyl sites for hydroxylation is 2. The van der Waals surface area contributed by atoms with E-state index >= 15 is 0 Å². The highest BCUT2D eigenvalue weighted by molar-refractivity contribution is 7.89. The minimum absolute atomic E-state index is 0.0522. The Bertz CT molecular complexity index is 749. The number of sulfonamides is 1. The lowest BCUT2D eigenvalue weighted by atomic mass is 10.3. The van der Waals surface area contributed by atoms with Crippen molar-refractivity contribution in [3.63, 3.8) is 0 Å². The standard InChI is InChI=1S/C16H23N3O3S/c1-12(2)22-15-5-7-16(8-6-15)23(20,21)17-9-10-19-14(4)11-13(3)18-19/h5-8,11-12,17H,9-10H2,1-4H3. The van der Waals surface area contributed by atoms with Gasteiger partial charge in [-0.05, 0) is 58.0 Å². The van der Waals surface area contributed by atoms with Gasteiger partial charge in [0.1, 0.15) is 5.75 Å². The van der Waals surface area contributed by atoms with Crippen molar-refractivity contribution in [1.82, 2.24) is 14.5 Å². The van der Waals surface area contributed by atoms with Gasteiger partial charge in [0.2, 0.25) is 10.0 Å². The first kappa shape index (κ1) is 17.5. The van der Waals surface area contributed by atoms with Gasteiger partial charge in [-0.2, -0.15) is 5.10 Å². The molecule has 0 fully saturated rings. The van der Waals surface area contributed by atoms with Gasteiger partial charge in [0.05, 0.1) is 23.2 Å². The molecule has 0 radical (unpaired) electrons. The Morgan fingerprint density at radius 1 is 1.22 bits per heavy atom. The van der Waals surface area contributed by atoms with Crippen molar-refractivity contribution < 1.29 is 13.2 Å². The van der Waals surface area contributed by atoms with Gasteiger partial charge in [-0.3, -0.25) is 4.68 Å². The van der Waals surface area contributed by atoms with Gasteiger partial charge in [0.15, 0.2) is 0 Å². The van der Waals surface area contributed by atoms with Crippen LogP contribution < -0.4 is 9.46 Å². The van der Waals surface area contributed by atoms with Gasteiger partial charge in [-0.1, -0.05) is 0 Å². The molecule has 0 aliphatic heterocycles. The van der Waals surface area contributed by atoms with Crippen LogP contribution in [0.15, 0.2) is 35.2 Å². The molecule has 1 aromatic carbocycles. The Hall–Kier alpha value is -1.86. The molecule has 1 N–H and O–H groups in total. The Labute approximate surface area is 137 Å². The number of hydrogen-bond acceptors (Lipinski definition) is 4. The molecular weight excluding hydrogens is 314 g/mol. The Balaban J connectivity index is 1.97. The number of nitrogens with zero attached hydrogens (tertiary/aromatic N) is 2.